The van der Waals surface area contributed by atoms with Crippen molar-refractivity contribution in [1.82, 2.24) is 4.72 Å². The number of aryl methyl sites for hydroxylation is 1. The fraction of sp³-hybridized carbons (Fsp3) is 0.381. The summed E-state index contributed by atoms with van der Waals surface area (Å²) in [6.07, 6.45) is 3.06. The van der Waals surface area contributed by atoms with Gasteiger partial charge in [0, 0.05) is 24.7 Å². The molecule has 2 aliphatic rings. The average molecular weight is 420 g/mol. The third-order valence-electron chi connectivity index (χ3n) is 5.54. The van der Waals surface area contributed by atoms with Crippen LogP contribution in [0.1, 0.15) is 43.7 Å². The summed E-state index contributed by atoms with van der Waals surface area (Å²) in [5.41, 5.74) is 1.88. The van der Waals surface area contributed by atoms with Gasteiger partial charge in [0.15, 0.2) is 0 Å². The number of sulfonamides is 1. The van der Waals surface area contributed by atoms with E-state index in [1.54, 1.807) is 4.90 Å². The van der Waals surface area contributed by atoms with Gasteiger partial charge in [-0.25, -0.2) is 21.9 Å². The van der Waals surface area contributed by atoms with Gasteiger partial charge in [-0.15, -0.1) is 0 Å². The summed E-state index contributed by atoms with van der Waals surface area (Å²) >= 11 is 0. The van der Waals surface area contributed by atoms with Crippen molar-refractivity contribution in [2.24, 2.45) is 0 Å². The smallest absolute Gasteiger partial charge is 0.244 e. The highest BCUT2D eigenvalue weighted by atomic mass is 32.2. The summed E-state index contributed by atoms with van der Waals surface area (Å²) < 4.78 is 55.3. The van der Waals surface area contributed by atoms with Crippen molar-refractivity contribution in [3.8, 4) is 0 Å². The summed E-state index contributed by atoms with van der Waals surface area (Å²) in [5, 5.41) is 0. The molecule has 8 heteroatoms. The van der Waals surface area contributed by atoms with Gasteiger partial charge in [-0.05, 0) is 55.0 Å². The fourth-order valence-corrected chi connectivity index (χ4v) is 5.42. The number of halogens is 2. The molecule has 154 valence electrons. The summed E-state index contributed by atoms with van der Waals surface area (Å²) in [5.74, 6) is -1.85. The highest BCUT2D eigenvalue weighted by molar-refractivity contribution is 7.89. The van der Waals surface area contributed by atoms with Crippen LogP contribution in [0.25, 0.3) is 0 Å². The van der Waals surface area contributed by atoms with E-state index in [-0.39, 0.29) is 5.91 Å². The lowest BCUT2D eigenvalue weighted by Crippen LogP contribution is -2.37. The van der Waals surface area contributed by atoms with Crippen LogP contribution in [0.5, 0.6) is 0 Å². The van der Waals surface area contributed by atoms with Gasteiger partial charge in [-0.1, -0.05) is 19.1 Å². The summed E-state index contributed by atoms with van der Waals surface area (Å²) in [7, 11) is -4.16. The minimum Gasteiger partial charge on any atom is -0.312 e. The van der Waals surface area contributed by atoms with E-state index in [0.29, 0.717) is 38.3 Å². The first kappa shape index (κ1) is 20.0. The van der Waals surface area contributed by atoms with Gasteiger partial charge in [0.1, 0.15) is 16.5 Å². The van der Waals surface area contributed by atoms with E-state index in [1.807, 2.05) is 25.1 Å². The van der Waals surface area contributed by atoms with Gasteiger partial charge in [0.25, 0.3) is 0 Å². The van der Waals surface area contributed by atoms with Gasteiger partial charge >= 0.3 is 0 Å². The molecule has 29 heavy (non-hydrogen) atoms. The number of hydrogen-bond donors (Lipinski definition) is 1. The molecule has 0 bridgehead atoms. The molecule has 0 atom stereocenters. The first-order valence-electron chi connectivity index (χ1n) is 9.68. The molecule has 0 saturated heterocycles. The molecule has 1 amide bonds. The number of hydrogen-bond acceptors (Lipinski definition) is 3. The molecule has 1 saturated carbocycles. The monoisotopic (exact) mass is 420 g/mol. The third-order valence-corrected chi connectivity index (χ3v) is 7.11. The number of amides is 1. The van der Waals surface area contributed by atoms with Crippen LogP contribution in [-0.2, 0) is 26.8 Å². The molecule has 2 aromatic rings. The van der Waals surface area contributed by atoms with Crippen molar-refractivity contribution in [3.05, 3.63) is 59.2 Å². The second kappa shape index (κ2) is 7.18. The molecule has 1 fully saturated rings. The Labute approximate surface area is 168 Å². The van der Waals surface area contributed by atoms with Crippen LogP contribution in [0.4, 0.5) is 14.5 Å². The molecule has 1 N–H and O–H groups in total. The molecule has 1 aliphatic heterocycles. The van der Waals surface area contributed by atoms with Crippen LogP contribution in [-0.4, -0.2) is 20.9 Å². The molecule has 0 spiro atoms. The lowest BCUT2D eigenvalue weighted by atomic mass is 9.95. The second-order valence-electron chi connectivity index (χ2n) is 7.65. The zero-order valence-electron chi connectivity index (χ0n) is 16.0. The maximum absolute atomic E-state index is 14.0. The number of fused-ring (bicyclic) bond motifs is 1. The highest BCUT2D eigenvalue weighted by Gasteiger charge is 2.48. The Morgan fingerprint density at radius 1 is 1.10 bits per heavy atom. The van der Waals surface area contributed by atoms with Gasteiger partial charge in [0.2, 0.25) is 15.9 Å². The minimum atomic E-state index is -4.16. The van der Waals surface area contributed by atoms with E-state index in [0.717, 1.165) is 35.4 Å². The van der Waals surface area contributed by atoms with Crippen molar-refractivity contribution in [3.63, 3.8) is 0 Å². The van der Waals surface area contributed by atoms with Gasteiger partial charge in [-0.2, -0.15) is 0 Å². The SMILES string of the molecule is CCCN1C(=O)CCc2cc(C3(NS(=O)(=O)c4ccc(F)cc4F)CC3)ccc21. The lowest BCUT2D eigenvalue weighted by molar-refractivity contribution is -0.118. The van der Waals surface area contributed by atoms with E-state index in [1.165, 1.54) is 0 Å². The third kappa shape index (κ3) is 3.67. The predicted molar refractivity (Wildman–Crippen MR) is 105 cm³/mol. The summed E-state index contributed by atoms with van der Waals surface area (Å²) in [4.78, 5) is 13.4. The number of nitrogens with zero attached hydrogens (tertiary/aromatic N) is 1. The Kier molecular flexibility index (Phi) is 4.94. The van der Waals surface area contributed by atoms with E-state index < -0.39 is 32.1 Å². The van der Waals surface area contributed by atoms with Crippen LogP contribution >= 0.6 is 0 Å². The molecule has 4 rings (SSSR count). The molecule has 0 unspecified atom stereocenters. The Bertz CT molecular complexity index is 1080. The van der Waals surface area contributed by atoms with Gasteiger partial charge < -0.3 is 4.90 Å². The maximum atomic E-state index is 14.0. The number of benzene rings is 2. The minimum absolute atomic E-state index is 0.0979. The number of carbonyl (C=O) groups excluding carboxylic acids is 1. The Morgan fingerprint density at radius 3 is 2.52 bits per heavy atom. The number of anilines is 1. The van der Waals surface area contributed by atoms with Gasteiger partial charge in [-0.3, -0.25) is 4.79 Å². The quantitative estimate of drug-likeness (QED) is 0.776. The van der Waals surface area contributed by atoms with Crippen molar-refractivity contribution >= 4 is 21.6 Å². The molecular formula is C21H22F2N2O3S. The lowest BCUT2D eigenvalue weighted by Gasteiger charge is -2.30. The fourth-order valence-electron chi connectivity index (χ4n) is 3.91. The number of carbonyl (C=O) groups is 1. The zero-order chi connectivity index (χ0) is 20.8. The highest BCUT2D eigenvalue weighted by Crippen LogP contribution is 2.48. The van der Waals surface area contributed by atoms with Crippen LogP contribution in [0.15, 0.2) is 41.3 Å². The van der Waals surface area contributed by atoms with E-state index >= 15 is 0 Å². The molecule has 5 nitrogen and oxygen atoms in total. The summed E-state index contributed by atoms with van der Waals surface area (Å²) in [6.45, 7) is 2.66. The van der Waals surface area contributed by atoms with Crippen LogP contribution in [0.2, 0.25) is 0 Å². The van der Waals surface area contributed by atoms with E-state index in [2.05, 4.69) is 4.72 Å². The Balaban J connectivity index is 1.64. The van der Waals surface area contributed by atoms with Crippen LogP contribution < -0.4 is 9.62 Å². The first-order valence-corrected chi connectivity index (χ1v) is 11.2. The zero-order valence-corrected chi connectivity index (χ0v) is 16.9. The Hall–Kier alpha value is -2.32. The maximum Gasteiger partial charge on any atom is 0.244 e. The molecule has 0 radical (unpaired) electrons. The van der Waals surface area contributed by atoms with Crippen molar-refractivity contribution < 1.29 is 22.0 Å². The molecule has 1 aliphatic carbocycles. The molecule has 2 aromatic carbocycles. The number of nitrogens with one attached hydrogen (secondary N) is 1. The predicted octanol–water partition coefficient (Wildman–Crippen LogP) is 3.62. The number of rotatable bonds is 6. The molecule has 1 heterocycles. The standard InChI is InChI=1S/C21H22F2N2O3S/c1-2-11-25-18-6-4-15(12-14(18)3-8-20(25)26)21(9-10-21)24-29(27,28)19-7-5-16(22)13-17(19)23/h4-7,12-13,24H,2-3,8-11H2,1H3. The second-order valence-corrected chi connectivity index (χ2v) is 9.30. The Morgan fingerprint density at radius 2 is 1.86 bits per heavy atom. The van der Waals surface area contributed by atoms with Crippen LogP contribution in [0, 0.1) is 11.6 Å². The van der Waals surface area contributed by atoms with E-state index in [9.17, 15) is 22.0 Å². The normalized spacial score (nSPS) is 17.9. The van der Waals surface area contributed by atoms with Crippen LogP contribution in [0.3, 0.4) is 0 Å². The average Bonchev–Trinajstić information content (AvgIpc) is 3.43. The molecular weight excluding hydrogens is 398 g/mol. The largest absolute Gasteiger partial charge is 0.312 e. The first-order chi connectivity index (χ1) is 13.8. The topological polar surface area (TPSA) is 66.5 Å². The summed E-state index contributed by atoms with van der Waals surface area (Å²) in [6, 6.07) is 8.06. The van der Waals surface area contributed by atoms with Crippen molar-refractivity contribution in [2.75, 3.05) is 11.4 Å². The van der Waals surface area contributed by atoms with Gasteiger partial charge in [0.05, 0.1) is 5.54 Å². The van der Waals surface area contributed by atoms with Crippen molar-refractivity contribution in [2.45, 2.75) is 49.5 Å². The van der Waals surface area contributed by atoms with E-state index in [4.69, 9.17) is 0 Å². The van der Waals surface area contributed by atoms with Crippen molar-refractivity contribution in [1.29, 1.82) is 0 Å². The molecule has 0 aromatic heterocycles.